The van der Waals surface area contributed by atoms with E-state index in [-0.39, 0.29) is 72.3 Å². The first-order chi connectivity index (χ1) is 52.2. The van der Waals surface area contributed by atoms with Crippen molar-refractivity contribution >= 4 is 42.6 Å². The summed E-state index contributed by atoms with van der Waals surface area (Å²) in [6.07, 6.45) is 64.2. The van der Waals surface area contributed by atoms with Gasteiger partial charge in [0, 0.05) is 38.5 Å². The zero-order chi connectivity index (χ0) is 78.0. The number of halogens is 1. The van der Waals surface area contributed by atoms with Crippen LogP contribution in [0, 0.1) is 0 Å². The van der Waals surface area contributed by atoms with E-state index in [1.165, 1.54) is 242 Å². The van der Waals surface area contributed by atoms with Gasteiger partial charge in [-0.05, 0) is 66.8 Å². The number of unbranched alkanes of at least 4 members (excludes halogenated alkanes) is 44. The summed E-state index contributed by atoms with van der Waals surface area (Å²) in [7, 11) is -2.86. The van der Waals surface area contributed by atoms with Crippen LogP contribution in [0.1, 0.15) is 435 Å². The molecule has 0 aliphatic carbocycles. The number of benzene rings is 2. The maximum Gasteiger partial charge on any atom is 0.306 e. The van der Waals surface area contributed by atoms with Gasteiger partial charge in [0.05, 0.1) is 39.6 Å². The van der Waals surface area contributed by atoms with Crippen LogP contribution in [0.5, 0.6) is 0 Å². The molecule has 2 aromatic carbocycles. The fourth-order valence-electron chi connectivity index (χ4n) is 14.6. The summed E-state index contributed by atoms with van der Waals surface area (Å²) in [5.74, 6) is -0.625. The Labute approximate surface area is 665 Å². The zero-order valence-corrected chi connectivity index (χ0v) is 72.7. The lowest BCUT2D eigenvalue weighted by molar-refractivity contribution is -0.156. The first-order valence-corrected chi connectivity index (χ1v) is 47.4. The number of ether oxygens (including phenoxy) is 6. The first-order valence-electron chi connectivity index (χ1n) is 45.5. The van der Waals surface area contributed by atoms with Gasteiger partial charge in [-0.15, -0.1) is 0 Å². The maximum atomic E-state index is 13.4. The Morgan fingerprint density at radius 1 is 0.306 bits per heavy atom. The Kier molecular flexibility index (Phi) is 73.4. The van der Waals surface area contributed by atoms with Crippen molar-refractivity contribution in [3.63, 3.8) is 0 Å². The number of rotatable bonds is 76. The van der Waals surface area contributed by atoms with Gasteiger partial charge in [0.2, 0.25) is 0 Å². The van der Waals surface area contributed by atoms with Crippen LogP contribution >= 0.6 is 0 Å². The van der Waals surface area contributed by atoms with E-state index in [0.717, 1.165) is 103 Å². The van der Waals surface area contributed by atoms with Gasteiger partial charge in [-0.3, -0.25) is 23.9 Å². The summed E-state index contributed by atoms with van der Waals surface area (Å²) in [5, 5.41) is 11.9. The monoisotopic (exact) mass is 1540 g/mol. The largest absolute Gasteiger partial charge is 0.462 e. The number of esters is 4. The Hall–Kier alpha value is -3.69. The normalized spacial score (nSPS) is 12.7. The molecular weight excluding hydrogens is 1370 g/mol. The lowest BCUT2D eigenvalue weighted by Gasteiger charge is -2.43. The molecule has 0 aromatic heterocycles. The van der Waals surface area contributed by atoms with Gasteiger partial charge >= 0.3 is 23.9 Å². The van der Waals surface area contributed by atoms with E-state index in [9.17, 15) is 24.3 Å². The third-order valence-corrected chi connectivity index (χ3v) is 26.3. The van der Waals surface area contributed by atoms with E-state index in [0.29, 0.717) is 51.7 Å². The fraction of sp³-hybridized carbons (Fsp3) is 0.830. The van der Waals surface area contributed by atoms with Gasteiger partial charge in [0.25, 0.3) is 8.32 Å². The quantitative estimate of drug-likeness (QED) is 0.0290. The van der Waals surface area contributed by atoms with Crippen LogP contribution in [0.15, 0.2) is 60.7 Å². The summed E-state index contributed by atoms with van der Waals surface area (Å²) in [6, 6.07) is 21.2. The van der Waals surface area contributed by atoms with Gasteiger partial charge in [-0.1, -0.05) is 405 Å². The van der Waals surface area contributed by atoms with Crippen LogP contribution in [0.4, 0.5) is 4.70 Å². The molecular formula is C94H171FO12Si. The van der Waals surface area contributed by atoms with Crippen molar-refractivity contribution in [2.24, 2.45) is 0 Å². The van der Waals surface area contributed by atoms with Gasteiger partial charge in [-0.2, -0.15) is 0 Å². The van der Waals surface area contributed by atoms with Crippen LogP contribution < -0.4 is 10.4 Å². The minimum Gasteiger partial charge on any atom is -0.462 e. The number of carbonyl (C=O) groups is 4. The Balaban J connectivity index is 0.00000221. The van der Waals surface area contributed by atoms with Crippen molar-refractivity contribution < 1.29 is 61.8 Å². The molecule has 630 valence electrons. The van der Waals surface area contributed by atoms with Crippen molar-refractivity contribution in [3.05, 3.63) is 60.7 Å². The van der Waals surface area contributed by atoms with Crippen molar-refractivity contribution in [2.45, 2.75) is 464 Å². The molecule has 0 radical (unpaired) electrons. The smallest absolute Gasteiger partial charge is 0.306 e. The highest BCUT2D eigenvalue weighted by atomic mass is 28.4. The number of aliphatic hydroxyl groups excluding tert-OH is 1. The zero-order valence-electron chi connectivity index (χ0n) is 71.7. The molecule has 0 unspecified atom stereocenters. The minimum atomic E-state index is -2.86. The molecule has 2 rings (SSSR count). The van der Waals surface area contributed by atoms with Crippen molar-refractivity contribution in [2.75, 3.05) is 39.6 Å². The standard InChI is InChI=1S/C55H94O6Si.C39H76O6.FH/c1-7-10-13-16-18-20-21-23-25-28-37-44-54(57)61-50(48-59-62(55(4,5)6,51-39-32-29-33-40-51)52-41-34-30-35-42-52)47-58-46-45-49(38-31-26-15-12-9-3)60-53(56)43-36-27-24-22-19-17-14-11-8-2;1-4-7-10-13-15-17-18-20-22-25-28-31-39(42)45-37(34-40)35-43-33-32-36(29-26-23-12-9-6-3)44-38(41)30-27-24-21-19-16-14-11-8-5-2;/h29-30,32-35,39-42,49-50H,7-28,31,36-38,43-48H2,1-6H3;36-37,40H,4-35H2,1-3H3;1H/t49-,50-;36-,37+;/m11./s1. The number of hydrogen-bond donors (Lipinski definition) is 1. The molecule has 0 saturated carbocycles. The van der Waals surface area contributed by atoms with Crippen LogP contribution in [0.2, 0.25) is 5.04 Å². The number of hydrogen-bond acceptors (Lipinski definition) is 12. The van der Waals surface area contributed by atoms with Crippen LogP contribution in [0.3, 0.4) is 0 Å². The molecule has 0 aliphatic rings. The predicted molar refractivity (Wildman–Crippen MR) is 456 cm³/mol. The summed E-state index contributed by atoms with van der Waals surface area (Å²) < 4.78 is 43.1. The average molecular weight is 1540 g/mol. The van der Waals surface area contributed by atoms with E-state index in [2.05, 4.69) is 123 Å². The summed E-state index contributed by atoms with van der Waals surface area (Å²) in [5.41, 5.74) is 0. The topological polar surface area (TPSA) is 153 Å². The Morgan fingerprint density at radius 2 is 0.537 bits per heavy atom. The van der Waals surface area contributed by atoms with Crippen LogP contribution in [-0.4, -0.2) is 101 Å². The highest BCUT2D eigenvalue weighted by Gasteiger charge is 2.50. The van der Waals surface area contributed by atoms with E-state index >= 15 is 0 Å². The van der Waals surface area contributed by atoms with Gasteiger partial charge in [-0.25, -0.2) is 0 Å². The highest BCUT2D eigenvalue weighted by molar-refractivity contribution is 6.99. The Morgan fingerprint density at radius 3 is 0.796 bits per heavy atom. The second kappa shape index (κ2) is 76.0. The van der Waals surface area contributed by atoms with E-state index in [4.69, 9.17) is 32.8 Å². The second-order valence-corrected chi connectivity index (χ2v) is 36.8. The lowest BCUT2D eigenvalue weighted by Crippen LogP contribution is -2.67. The number of aliphatic hydroxyl groups is 1. The third kappa shape index (κ3) is 59.1. The van der Waals surface area contributed by atoms with Crippen molar-refractivity contribution in [1.29, 1.82) is 0 Å². The average Bonchev–Trinajstić information content (AvgIpc) is 0.749. The molecule has 1 N–H and O–H groups in total. The molecule has 0 spiro atoms. The molecule has 4 atom stereocenters. The van der Waals surface area contributed by atoms with Gasteiger partial charge < -0.3 is 38.0 Å². The number of carbonyl (C=O) groups excluding carboxylic acids is 4. The van der Waals surface area contributed by atoms with Gasteiger partial charge in [0.1, 0.15) is 24.4 Å². The van der Waals surface area contributed by atoms with Crippen LogP contribution in [-0.2, 0) is 52.0 Å². The molecule has 0 fully saturated rings. The lowest BCUT2D eigenvalue weighted by atomic mass is 10.1. The molecule has 0 saturated heterocycles. The fourth-order valence-corrected chi connectivity index (χ4v) is 19.2. The molecule has 0 heterocycles. The molecule has 108 heavy (non-hydrogen) atoms. The predicted octanol–water partition coefficient (Wildman–Crippen LogP) is 26.1. The SMILES string of the molecule is CCCCCCCCCCCCCC(=O)O[C@@H](CO)COCC[C@@H](CCCCCCC)OC(=O)CCCCCCCCCCC.CCCCCCCCCCCCCC(=O)O[C@H](COCC[C@@H](CCCCCCC)OC(=O)CCCCCCCCCCC)CO[Si](c1ccccc1)(c1ccccc1)C(C)(C)C.F. The maximum absolute atomic E-state index is 13.4. The molecule has 0 amide bonds. The summed E-state index contributed by atoms with van der Waals surface area (Å²) in [4.78, 5) is 51.3. The van der Waals surface area contributed by atoms with Crippen LogP contribution in [0.25, 0.3) is 0 Å². The van der Waals surface area contributed by atoms with Crippen molar-refractivity contribution in [3.8, 4) is 0 Å². The summed E-state index contributed by atoms with van der Waals surface area (Å²) in [6.45, 7) is 21.5. The molecule has 14 heteroatoms. The molecule has 0 aliphatic heterocycles. The third-order valence-electron chi connectivity index (χ3n) is 21.3. The first kappa shape index (κ1) is 104. The molecule has 2 aromatic rings. The van der Waals surface area contributed by atoms with Gasteiger partial charge in [0.15, 0.2) is 0 Å². The Bertz CT molecular complexity index is 2230. The highest BCUT2D eigenvalue weighted by Crippen LogP contribution is 2.37. The minimum absolute atomic E-state index is 0. The van der Waals surface area contributed by atoms with E-state index in [1.54, 1.807) is 0 Å². The molecule has 0 bridgehead atoms. The van der Waals surface area contributed by atoms with E-state index in [1.807, 2.05) is 0 Å². The summed E-state index contributed by atoms with van der Waals surface area (Å²) >= 11 is 0. The van der Waals surface area contributed by atoms with E-state index < -0.39 is 20.5 Å². The van der Waals surface area contributed by atoms with Crippen molar-refractivity contribution in [1.82, 2.24) is 0 Å². The second-order valence-electron chi connectivity index (χ2n) is 32.5. The molecule has 12 nitrogen and oxygen atoms in total.